The van der Waals surface area contributed by atoms with E-state index in [2.05, 4.69) is 38.2 Å². The van der Waals surface area contributed by atoms with Crippen molar-refractivity contribution in [2.45, 2.75) is 59.5 Å². The van der Waals surface area contributed by atoms with Crippen LogP contribution in [0.15, 0.2) is 42.5 Å². The van der Waals surface area contributed by atoms with Crippen molar-refractivity contribution in [2.75, 3.05) is 5.32 Å². The summed E-state index contributed by atoms with van der Waals surface area (Å²) in [6, 6.07) is 14.0. The fraction of sp³-hybridized carbons (Fsp3) is 0.409. The number of ether oxygens (including phenoxy) is 1. The summed E-state index contributed by atoms with van der Waals surface area (Å²) in [5.41, 5.74) is 4.35. The molecule has 0 spiro atoms. The molecule has 0 radical (unpaired) electrons. The largest absolute Gasteiger partial charge is 0.481 e. The van der Waals surface area contributed by atoms with Crippen LogP contribution in [0.4, 0.5) is 5.69 Å². The summed E-state index contributed by atoms with van der Waals surface area (Å²) in [6.45, 7) is 12.5. The highest BCUT2D eigenvalue weighted by Crippen LogP contribution is 2.25. The molecule has 0 bridgehead atoms. The van der Waals surface area contributed by atoms with Gasteiger partial charge in [0, 0.05) is 5.69 Å². The van der Waals surface area contributed by atoms with Crippen LogP contribution in [-0.4, -0.2) is 12.0 Å². The molecule has 0 aromatic heterocycles. The number of hydrogen-bond donors (Lipinski definition) is 1. The van der Waals surface area contributed by atoms with Crippen LogP contribution in [0, 0.1) is 13.8 Å². The van der Waals surface area contributed by atoms with Gasteiger partial charge in [-0.15, -0.1) is 0 Å². The Kier molecular flexibility index (Phi) is 5.89. The first kappa shape index (κ1) is 19.0. The van der Waals surface area contributed by atoms with Crippen LogP contribution < -0.4 is 10.1 Å². The van der Waals surface area contributed by atoms with Crippen molar-refractivity contribution in [3.05, 3.63) is 59.2 Å². The van der Waals surface area contributed by atoms with Gasteiger partial charge in [-0.05, 0) is 60.6 Å². The molecule has 0 saturated carbocycles. The van der Waals surface area contributed by atoms with E-state index in [4.69, 9.17) is 4.74 Å². The van der Waals surface area contributed by atoms with Gasteiger partial charge < -0.3 is 10.1 Å². The minimum absolute atomic E-state index is 0.1000. The lowest BCUT2D eigenvalue weighted by molar-refractivity contribution is -0.122. The van der Waals surface area contributed by atoms with Crippen molar-refractivity contribution >= 4 is 11.6 Å². The van der Waals surface area contributed by atoms with Crippen LogP contribution in [0.25, 0.3) is 0 Å². The number of rotatable bonds is 5. The number of carbonyl (C=O) groups excluding carboxylic acids is 1. The Morgan fingerprint density at radius 1 is 1.08 bits per heavy atom. The Labute approximate surface area is 151 Å². The van der Waals surface area contributed by atoms with Gasteiger partial charge >= 0.3 is 0 Å². The second-order valence-electron chi connectivity index (χ2n) is 7.60. The summed E-state index contributed by atoms with van der Waals surface area (Å²) in [5.74, 6) is 0.604. The molecule has 134 valence electrons. The van der Waals surface area contributed by atoms with E-state index < -0.39 is 6.10 Å². The number of nitrogens with one attached hydrogen (secondary N) is 1. The number of benzene rings is 2. The molecule has 3 heteroatoms. The lowest BCUT2D eigenvalue weighted by Crippen LogP contribution is -2.32. The number of anilines is 1. The number of amides is 1. The van der Waals surface area contributed by atoms with Crippen LogP contribution in [0.5, 0.6) is 5.75 Å². The van der Waals surface area contributed by atoms with Gasteiger partial charge in [-0.1, -0.05) is 52.0 Å². The SMILES string of the molecule is CCC(Oc1ccc(C(C)(C)C)cc1)C(=O)Nc1cc(C)ccc1C. The van der Waals surface area contributed by atoms with Gasteiger partial charge in [-0.2, -0.15) is 0 Å². The van der Waals surface area contributed by atoms with E-state index in [-0.39, 0.29) is 11.3 Å². The Bertz CT molecular complexity index is 727. The zero-order valence-electron chi connectivity index (χ0n) is 16.1. The van der Waals surface area contributed by atoms with Gasteiger partial charge in [0.1, 0.15) is 5.75 Å². The molecule has 1 amide bonds. The molecule has 25 heavy (non-hydrogen) atoms. The van der Waals surface area contributed by atoms with Gasteiger partial charge in [-0.25, -0.2) is 0 Å². The van der Waals surface area contributed by atoms with Gasteiger partial charge in [-0.3, -0.25) is 4.79 Å². The summed E-state index contributed by atoms with van der Waals surface area (Å²) in [6.07, 6.45) is 0.0953. The number of carbonyl (C=O) groups is 1. The summed E-state index contributed by atoms with van der Waals surface area (Å²) < 4.78 is 5.92. The van der Waals surface area contributed by atoms with E-state index in [1.807, 2.05) is 51.1 Å². The first-order valence-corrected chi connectivity index (χ1v) is 8.86. The molecule has 1 unspecified atom stereocenters. The quantitative estimate of drug-likeness (QED) is 0.792. The predicted molar refractivity (Wildman–Crippen MR) is 104 cm³/mol. The van der Waals surface area contributed by atoms with E-state index in [1.54, 1.807) is 0 Å². The minimum Gasteiger partial charge on any atom is -0.481 e. The summed E-state index contributed by atoms with van der Waals surface area (Å²) in [4.78, 5) is 12.6. The van der Waals surface area contributed by atoms with Gasteiger partial charge in [0.2, 0.25) is 0 Å². The molecule has 1 N–H and O–H groups in total. The van der Waals surface area contributed by atoms with Crippen LogP contribution in [0.2, 0.25) is 0 Å². The van der Waals surface area contributed by atoms with Crippen LogP contribution in [0.3, 0.4) is 0 Å². The molecule has 3 nitrogen and oxygen atoms in total. The van der Waals surface area contributed by atoms with E-state index in [1.165, 1.54) is 5.56 Å². The molecule has 1 atom stereocenters. The van der Waals surface area contributed by atoms with Crippen molar-refractivity contribution < 1.29 is 9.53 Å². The average Bonchev–Trinajstić information content (AvgIpc) is 2.55. The molecule has 2 aromatic rings. The third kappa shape index (κ3) is 5.09. The molecular formula is C22H29NO2. The highest BCUT2D eigenvalue weighted by Gasteiger charge is 2.20. The van der Waals surface area contributed by atoms with Crippen molar-refractivity contribution in [1.82, 2.24) is 0 Å². The zero-order valence-corrected chi connectivity index (χ0v) is 16.1. The minimum atomic E-state index is -0.514. The summed E-state index contributed by atoms with van der Waals surface area (Å²) in [7, 11) is 0. The molecular weight excluding hydrogens is 310 g/mol. The standard InChI is InChI=1S/C22H29NO2/c1-7-20(21(24)23-19-14-15(2)8-9-16(19)3)25-18-12-10-17(11-13-18)22(4,5)6/h8-14,20H,7H2,1-6H3,(H,23,24). The normalized spacial score (nSPS) is 12.6. The fourth-order valence-corrected chi connectivity index (χ4v) is 2.60. The molecule has 0 saturated heterocycles. The van der Waals surface area contributed by atoms with E-state index in [9.17, 15) is 4.79 Å². The van der Waals surface area contributed by atoms with Crippen LogP contribution >= 0.6 is 0 Å². The predicted octanol–water partition coefficient (Wildman–Crippen LogP) is 5.40. The highest BCUT2D eigenvalue weighted by molar-refractivity contribution is 5.95. The molecule has 0 heterocycles. The van der Waals surface area contributed by atoms with Crippen LogP contribution in [0.1, 0.15) is 50.8 Å². The highest BCUT2D eigenvalue weighted by atomic mass is 16.5. The lowest BCUT2D eigenvalue weighted by atomic mass is 9.87. The first-order valence-electron chi connectivity index (χ1n) is 8.86. The topological polar surface area (TPSA) is 38.3 Å². The van der Waals surface area contributed by atoms with Crippen molar-refractivity contribution in [3.63, 3.8) is 0 Å². The Hall–Kier alpha value is -2.29. The van der Waals surface area contributed by atoms with Gasteiger partial charge in [0.05, 0.1) is 0 Å². The first-order chi connectivity index (χ1) is 11.7. The summed E-state index contributed by atoms with van der Waals surface area (Å²) in [5, 5.41) is 2.99. The molecule has 0 aliphatic heterocycles. The smallest absolute Gasteiger partial charge is 0.265 e. The van der Waals surface area contributed by atoms with Crippen molar-refractivity contribution in [3.8, 4) is 5.75 Å². The Morgan fingerprint density at radius 2 is 1.72 bits per heavy atom. The van der Waals surface area contributed by atoms with E-state index >= 15 is 0 Å². The van der Waals surface area contributed by atoms with E-state index in [0.29, 0.717) is 6.42 Å². The molecule has 2 aromatic carbocycles. The molecule has 0 fully saturated rings. The lowest BCUT2D eigenvalue weighted by Gasteiger charge is -2.21. The third-order valence-corrected chi connectivity index (χ3v) is 4.31. The molecule has 2 rings (SSSR count). The number of hydrogen-bond acceptors (Lipinski definition) is 2. The molecule has 0 aliphatic carbocycles. The van der Waals surface area contributed by atoms with E-state index in [0.717, 1.165) is 22.6 Å². The fourth-order valence-electron chi connectivity index (χ4n) is 2.60. The molecule has 0 aliphatic rings. The zero-order chi connectivity index (χ0) is 18.6. The van der Waals surface area contributed by atoms with Gasteiger partial charge in [0.25, 0.3) is 5.91 Å². The maximum absolute atomic E-state index is 12.6. The Morgan fingerprint density at radius 3 is 2.28 bits per heavy atom. The van der Waals surface area contributed by atoms with Crippen molar-refractivity contribution in [2.24, 2.45) is 0 Å². The van der Waals surface area contributed by atoms with Crippen molar-refractivity contribution in [1.29, 1.82) is 0 Å². The Balaban J connectivity index is 2.08. The second-order valence-corrected chi connectivity index (χ2v) is 7.60. The maximum Gasteiger partial charge on any atom is 0.265 e. The second kappa shape index (κ2) is 7.73. The third-order valence-electron chi connectivity index (χ3n) is 4.31. The maximum atomic E-state index is 12.6. The van der Waals surface area contributed by atoms with Gasteiger partial charge in [0.15, 0.2) is 6.10 Å². The van der Waals surface area contributed by atoms with Crippen LogP contribution in [-0.2, 0) is 10.2 Å². The average molecular weight is 339 g/mol. The summed E-state index contributed by atoms with van der Waals surface area (Å²) >= 11 is 0. The number of aryl methyl sites for hydroxylation is 2. The monoisotopic (exact) mass is 339 g/mol.